The van der Waals surface area contributed by atoms with E-state index in [0.29, 0.717) is 11.4 Å². The summed E-state index contributed by atoms with van der Waals surface area (Å²) in [6, 6.07) is 0. The van der Waals surface area contributed by atoms with Gasteiger partial charge in [-0.3, -0.25) is 0 Å². The number of hydrogen-bond acceptors (Lipinski definition) is 4. The first-order valence-electron chi connectivity index (χ1n) is 4.23. The number of hydrogen-bond donors (Lipinski definition) is 1. The summed E-state index contributed by atoms with van der Waals surface area (Å²) in [5.74, 6) is -0.990. The number of aryl methyl sites for hydroxylation is 1. The van der Waals surface area contributed by atoms with Gasteiger partial charge < -0.3 is 5.11 Å². The lowest BCUT2D eigenvalue weighted by molar-refractivity contribution is 0.0696. The molecule has 6 nitrogen and oxygen atoms in total. The summed E-state index contributed by atoms with van der Waals surface area (Å²) in [5, 5.41) is 12.9. The third kappa shape index (κ3) is 1.69. The third-order valence-electron chi connectivity index (χ3n) is 1.94. The van der Waals surface area contributed by atoms with Crippen LogP contribution in [0.15, 0.2) is 24.9 Å². The van der Waals surface area contributed by atoms with E-state index in [1.165, 1.54) is 17.2 Å². The van der Waals surface area contributed by atoms with E-state index in [9.17, 15) is 4.79 Å². The van der Waals surface area contributed by atoms with Gasteiger partial charge in [-0.25, -0.2) is 19.4 Å². The molecule has 6 heteroatoms. The molecule has 0 amide bonds. The minimum atomic E-state index is -0.990. The van der Waals surface area contributed by atoms with Gasteiger partial charge in [0, 0.05) is 6.20 Å². The lowest BCUT2D eigenvalue weighted by atomic mass is 10.3. The summed E-state index contributed by atoms with van der Waals surface area (Å²) < 4.78 is 1.44. The molecule has 2 aromatic heterocycles. The van der Waals surface area contributed by atoms with Gasteiger partial charge in [-0.1, -0.05) is 0 Å². The quantitative estimate of drug-likeness (QED) is 0.777. The van der Waals surface area contributed by atoms with Crippen LogP contribution in [0.4, 0.5) is 0 Å². The van der Waals surface area contributed by atoms with Crippen LogP contribution in [0.1, 0.15) is 16.1 Å². The van der Waals surface area contributed by atoms with Crippen LogP contribution in [0, 0.1) is 6.92 Å². The van der Waals surface area contributed by atoms with Crippen LogP contribution >= 0.6 is 0 Å². The van der Waals surface area contributed by atoms with Gasteiger partial charge in [-0.15, -0.1) is 0 Å². The number of carboxylic acid groups (broad SMARTS) is 1. The summed E-state index contributed by atoms with van der Waals surface area (Å²) in [7, 11) is 0. The highest BCUT2D eigenvalue weighted by Crippen LogP contribution is 2.09. The average molecular weight is 204 g/mol. The van der Waals surface area contributed by atoms with Crippen molar-refractivity contribution < 1.29 is 9.90 Å². The highest BCUT2D eigenvalue weighted by atomic mass is 16.4. The van der Waals surface area contributed by atoms with Gasteiger partial charge in [-0.05, 0) is 6.92 Å². The van der Waals surface area contributed by atoms with Gasteiger partial charge in [0.05, 0.1) is 18.1 Å². The highest BCUT2D eigenvalue weighted by molar-refractivity contribution is 5.88. The monoisotopic (exact) mass is 204 g/mol. The first-order chi connectivity index (χ1) is 7.18. The van der Waals surface area contributed by atoms with E-state index in [0.717, 1.165) is 0 Å². The fourth-order valence-corrected chi connectivity index (χ4v) is 1.21. The molecule has 2 heterocycles. The average Bonchev–Trinajstić information content (AvgIpc) is 2.62. The summed E-state index contributed by atoms with van der Waals surface area (Å²) in [6.07, 6.45) is 5.96. The van der Waals surface area contributed by atoms with Crippen LogP contribution in [0.25, 0.3) is 5.69 Å². The molecule has 0 bridgehead atoms. The molecule has 0 aliphatic carbocycles. The summed E-state index contributed by atoms with van der Waals surface area (Å²) >= 11 is 0. The number of nitrogens with zero attached hydrogens (tertiary/aromatic N) is 4. The molecule has 0 spiro atoms. The Morgan fingerprint density at radius 3 is 2.60 bits per heavy atom. The van der Waals surface area contributed by atoms with Gasteiger partial charge in [0.1, 0.15) is 17.6 Å². The highest BCUT2D eigenvalue weighted by Gasteiger charge is 2.12. The van der Waals surface area contributed by atoms with E-state index in [1.54, 1.807) is 19.3 Å². The van der Waals surface area contributed by atoms with Gasteiger partial charge in [0.25, 0.3) is 0 Å². The van der Waals surface area contributed by atoms with Crippen LogP contribution in [-0.2, 0) is 0 Å². The van der Waals surface area contributed by atoms with Crippen LogP contribution in [0.5, 0.6) is 0 Å². The Kier molecular flexibility index (Phi) is 2.17. The summed E-state index contributed by atoms with van der Waals surface area (Å²) in [6.45, 7) is 1.64. The molecule has 0 unspecified atom stereocenters. The second-order valence-electron chi connectivity index (χ2n) is 2.97. The molecular formula is C9H8N4O2. The summed E-state index contributed by atoms with van der Waals surface area (Å²) in [4.78, 5) is 18.4. The zero-order chi connectivity index (χ0) is 10.8. The standard InChI is InChI=1S/C9H8N4O2/c1-6-8(9(14)15)4-13(12-6)7-2-10-5-11-3-7/h2-5H,1H3,(H,14,15). The fourth-order valence-electron chi connectivity index (χ4n) is 1.21. The Hall–Kier alpha value is -2.24. The fraction of sp³-hybridized carbons (Fsp3) is 0.111. The van der Waals surface area contributed by atoms with E-state index in [1.807, 2.05) is 0 Å². The molecule has 0 radical (unpaired) electrons. The van der Waals surface area contributed by atoms with Gasteiger partial charge in [-0.2, -0.15) is 5.10 Å². The van der Waals surface area contributed by atoms with Crippen molar-refractivity contribution in [1.29, 1.82) is 0 Å². The van der Waals surface area contributed by atoms with E-state index in [2.05, 4.69) is 15.1 Å². The van der Waals surface area contributed by atoms with Crippen molar-refractivity contribution in [2.75, 3.05) is 0 Å². The van der Waals surface area contributed by atoms with Crippen LogP contribution in [-0.4, -0.2) is 30.8 Å². The zero-order valence-electron chi connectivity index (χ0n) is 7.95. The van der Waals surface area contributed by atoms with Gasteiger partial charge in [0.2, 0.25) is 0 Å². The second kappa shape index (κ2) is 3.49. The Morgan fingerprint density at radius 1 is 1.40 bits per heavy atom. The lowest BCUT2D eigenvalue weighted by Gasteiger charge is -1.96. The maximum Gasteiger partial charge on any atom is 0.339 e. The van der Waals surface area contributed by atoms with Crippen LogP contribution in [0.2, 0.25) is 0 Å². The molecule has 15 heavy (non-hydrogen) atoms. The van der Waals surface area contributed by atoms with Crippen molar-refractivity contribution >= 4 is 5.97 Å². The Balaban J connectivity index is 2.48. The number of rotatable bonds is 2. The smallest absolute Gasteiger partial charge is 0.339 e. The van der Waals surface area contributed by atoms with Gasteiger partial charge in [0.15, 0.2) is 0 Å². The Labute approximate surface area is 85.2 Å². The van der Waals surface area contributed by atoms with Crippen molar-refractivity contribution in [3.05, 3.63) is 36.2 Å². The maximum atomic E-state index is 10.8. The minimum absolute atomic E-state index is 0.179. The molecule has 0 saturated carbocycles. The number of carbonyl (C=O) groups is 1. The zero-order valence-corrected chi connectivity index (χ0v) is 7.95. The summed E-state index contributed by atoms with van der Waals surface area (Å²) in [5.41, 5.74) is 1.28. The predicted molar refractivity (Wildman–Crippen MR) is 50.9 cm³/mol. The maximum absolute atomic E-state index is 10.8. The lowest BCUT2D eigenvalue weighted by Crippen LogP contribution is -1.96. The minimum Gasteiger partial charge on any atom is -0.478 e. The topological polar surface area (TPSA) is 80.9 Å². The van der Waals surface area contributed by atoms with Crippen molar-refractivity contribution in [2.24, 2.45) is 0 Å². The van der Waals surface area contributed by atoms with Crippen molar-refractivity contribution in [1.82, 2.24) is 19.7 Å². The first kappa shape index (κ1) is 9.32. The molecule has 2 rings (SSSR count). The number of aromatic carboxylic acids is 1. The Bertz CT molecular complexity index is 492. The third-order valence-corrected chi connectivity index (χ3v) is 1.94. The van der Waals surface area contributed by atoms with E-state index >= 15 is 0 Å². The molecule has 2 aromatic rings. The van der Waals surface area contributed by atoms with E-state index in [4.69, 9.17) is 5.11 Å². The van der Waals surface area contributed by atoms with Crippen molar-refractivity contribution in [3.8, 4) is 5.69 Å². The molecular weight excluding hydrogens is 196 g/mol. The molecule has 0 aromatic carbocycles. The van der Waals surface area contributed by atoms with E-state index < -0.39 is 5.97 Å². The molecule has 0 aliphatic heterocycles. The Morgan fingerprint density at radius 2 is 2.07 bits per heavy atom. The van der Waals surface area contributed by atoms with E-state index in [-0.39, 0.29) is 5.56 Å². The number of aromatic nitrogens is 4. The molecule has 0 atom stereocenters. The van der Waals surface area contributed by atoms with Crippen molar-refractivity contribution in [2.45, 2.75) is 6.92 Å². The van der Waals surface area contributed by atoms with Crippen LogP contribution < -0.4 is 0 Å². The molecule has 1 N–H and O–H groups in total. The van der Waals surface area contributed by atoms with Crippen LogP contribution in [0.3, 0.4) is 0 Å². The normalized spacial score (nSPS) is 10.2. The molecule has 0 saturated heterocycles. The first-order valence-corrected chi connectivity index (χ1v) is 4.23. The molecule has 0 fully saturated rings. The molecule has 76 valence electrons. The SMILES string of the molecule is Cc1nn(-c2cncnc2)cc1C(=O)O. The molecule has 0 aliphatic rings. The van der Waals surface area contributed by atoms with Crippen molar-refractivity contribution in [3.63, 3.8) is 0 Å². The second-order valence-corrected chi connectivity index (χ2v) is 2.97. The number of carboxylic acids is 1. The largest absolute Gasteiger partial charge is 0.478 e. The predicted octanol–water partition coefficient (Wildman–Crippen LogP) is 0.669. The van der Waals surface area contributed by atoms with Gasteiger partial charge >= 0.3 is 5.97 Å².